The molecule has 2 aromatic carbocycles. The predicted octanol–water partition coefficient (Wildman–Crippen LogP) is 4.17. The molecule has 1 heterocycles. The first kappa shape index (κ1) is 22.5. The highest BCUT2D eigenvalue weighted by Gasteiger charge is 2.47. The molecule has 0 aromatic heterocycles. The van der Waals surface area contributed by atoms with E-state index in [1.807, 2.05) is 24.3 Å². The first-order valence-electron chi connectivity index (χ1n) is 10.2. The number of urea groups is 1. The van der Waals surface area contributed by atoms with Crippen LogP contribution in [0, 0.1) is 0 Å². The molecule has 0 aliphatic carbocycles. The Hall–Kier alpha value is -3.16. The van der Waals surface area contributed by atoms with Gasteiger partial charge in [0.2, 0.25) is 0 Å². The van der Waals surface area contributed by atoms with Gasteiger partial charge < -0.3 is 14.8 Å². The molecule has 1 unspecified atom stereocenters. The van der Waals surface area contributed by atoms with Gasteiger partial charge in [0, 0.05) is 0 Å². The van der Waals surface area contributed by atoms with Gasteiger partial charge in [-0.2, -0.15) is 8.78 Å². The van der Waals surface area contributed by atoms with Crippen LogP contribution in [0.25, 0.3) is 0 Å². The van der Waals surface area contributed by atoms with Gasteiger partial charge in [-0.15, -0.1) is 0 Å². The predicted molar refractivity (Wildman–Crippen MR) is 111 cm³/mol. The number of alkyl halides is 2. The topological polar surface area (TPSA) is 67.9 Å². The number of rotatable bonds is 10. The van der Waals surface area contributed by atoms with Gasteiger partial charge >= 0.3 is 12.6 Å². The van der Waals surface area contributed by atoms with Crippen LogP contribution < -0.4 is 14.8 Å². The molecule has 1 aliphatic rings. The van der Waals surface area contributed by atoms with Crippen molar-refractivity contribution in [1.82, 2.24) is 10.2 Å². The van der Waals surface area contributed by atoms with Gasteiger partial charge in [-0.3, -0.25) is 9.69 Å². The number of aryl methyl sites for hydroxylation is 2. The lowest BCUT2D eigenvalue weighted by Gasteiger charge is -2.21. The Morgan fingerprint density at radius 1 is 1.06 bits per heavy atom. The van der Waals surface area contributed by atoms with Crippen LogP contribution in [-0.4, -0.2) is 42.1 Å². The molecule has 0 spiro atoms. The first-order valence-corrected chi connectivity index (χ1v) is 10.2. The second kappa shape index (κ2) is 9.76. The highest BCUT2D eigenvalue weighted by atomic mass is 19.3. The number of hydrogen-bond acceptors (Lipinski definition) is 4. The van der Waals surface area contributed by atoms with E-state index in [4.69, 9.17) is 4.74 Å². The summed E-state index contributed by atoms with van der Waals surface area (Å²) in [4.78, 5) is 26.4. The van der Waals surface area contributed by atoms with Crippen LogP contribution in [0.5, 0.6) is 11.5 Å². The first-order chi connectivity index (χ1) is 14.8. The summed E-state index contributed by atoms with van der Waals surface area (Å²) in [6, 6.07) is 13.5. The summed E-state index contributed by atoms with van der Waals surface area (Å²) in [7, 11) is 0. The minimum Gasteiger partial charge on any atom is -0.492 e. The third kappa shape index (κ3) is 5.71. The Labute approximate surface area is 180 Å². The third-order valence-electron chi connectivity index (χ3n) is 5.30. The maximum Gasteiger partial charge on any atom is 0.387 e. The van der Waals surface area contributed by atoms with Crippen molar-refractivity contribution in [1.29, 1.82) is 0 Å². The SMILES string of the molecule is CCc1cccc(OCCN2C(=O)NC(C)(CCc3ccc(OC(F)F)cc3)C2=O)c1. The van der Waals surface area contributed by atoms with E-state index in [9.17, 15) is 18.4 Å². The lowest BCUT2D eigenvalue weighted by Crippen LogP contribution is -2.44. The van der Waals surface area contributed by atoms with Crippen molar-refractivity contribution in [3.63, 3.8) is 0 Å². The molecule has 2 aromatic rings. The zero-order valence-electron chi connectivity index (χ0n) is 17.6. The third-order valence-corrected chi connectivity index (χ3v) is 5.30. The molecule has 8 heteroatoms. The van der Waals surface area contributed by atoms with Crippen molar-refractivity contribution < 1.29 is 27.8 Å². The standard InChI is InChI=1S/C23H26F2N2O4/c1-3-16-5-4-6-19(15-16)30-14-13-27-20(28)23(2,26-22(27)29)12-11-17-7-9-18(10-8-17)31-21(24)25/h4-10,15,21H,3,11-14H2,1-2H3,(H,26,29). The average molecular weight is 432 g/mol. The molecule has 1 saturated heterocycles. The van der Waals surface area contributed by atoms with Crippen LogP contribution in [0.2, 0.25) is 0 Å². The van der Waals surface area contributed by atoms with Gasteiger partial charge in [-0.05, 0) is 61.6 Å². The van der Waals surface area contributed by atoms with E-state index in [0.29, 0.717) is 18.6 Å². The van der Waals surface area contributed by atoms with Crippen molar-refractivity contribution in [3.05, 3.63) is 59.7 Å². The van der Waals surface area contributed by atoms with Crippen LogP contribution in [0.1, 0.15) is 31.4 Å². The van der Waals surface area contributed by atoms with Crippen molar-refractivity contribution in [2.45, 2.75) is 45.3 Å². The largest absolute Gasteiger partial charge is 0.492 e. The number of benzene rings is 2. The maximum atomic E-state index is 12.9. The van der Waals surface area contributed by atoms with Crippen LogP contribution in [0.15, 0.2) is 48.5 Å². The number of carbonyl (C=O) groups excluding carboxylic acids is 2. The molecule has 3 rings (SSSR count). The number of imide groups is 1. The number of amides is 3. The van der Waals surface area contributed by atoms with E-state index in [0.717, 1.165) is 17.5 Å². The van der Waals surface area contributed by atoms with Crippen molar-refractivity contribution in [3.8, 4) is 11.5 Å². The fourth-order valence-electron chi connectivity index (χ4n) is 3.46. The molecule has 1 N–H and O–H groups in total. The van der Waals surface area contributed by atoms with Crippen LogP contribution in [0.4, 0.5) is 13.6 Å². The van der Waals surface area contributed by atoms with Gasteiger partial charge in [0.25, 0.3) is 5.91 Å². The number of carbonyl (C=O) groups is 2. The maximum absolute atomic E-state index is 12.9. The van der Waals surface area contributed by atoms with Crippen molar-refractivity contribution in [2.75, 3.05) is 13.2 Å². The molecule has 0 bridgehead atoms. The number of halogens is 2. The minimum atomic E-state index is -2.87. The Bertz CT molecular complexity index is 920. The van der Waals surface area contributed by atoms with Crippen LogP contribution in [0.3, 0.4) is 0 Å². The molecule has 1 fully saturated rings. The molecule has 0 saturated carbocycles. The molecule has 0 radical (unpaired) electrons. The summed E-state index contributed by atoms with van der Waals surface area (Å²) in [5.74, 6) is 0.473. The molecule has 1 atom stereocenters. The summed E-state index contributed by atoms with van der Waals surface area (Å²) in [5, 5.41) is 2.76. The van der Waals surface area contributed by atoms with Crippen molar-refractivity contribution >= 4 is 11.9 Å². The van der Waals surface area contributed by atoms with Gasteiger partial charge in [0.1, 0.15) is 23.6 Å². The average Bonchev–Trinajstić information content (AvgIpc) is 2.96. The molecule has 1 aliphatic heterocycles. The van der Waals surface area contributed by atoms with E-state index in [1.54, 1.807) is 19.1 Å². The number of nitrogens with zero attached hydrogens (tertiary/aromatic N) is 1. The van der Waals surface area contributed by atoms with Crippen LogP contribution >= 0.6 is 0 Å². The van der Waals surface area contributed by atoms with Crippen LogP contribution in [-0.2, 0) is 17.6 Å². The molecular weight excluding hydrogens is 406 g/mol. The molecular formula is C23H26F2N2O4. The normalized spacial score (nSPS) is 18.4. The fraction of sp³-hybridized carbons (Fsp3) is 0.391. The van der Waals surface area contributed by atoms with E-state index in [1.165, 1.54) is 17.0 Å². The summed E-state index contributed by atoms with van der Waals surface area (Å²) in [6.07, 6.45) is 1.76. The highest BCUT2D eigenvalue weighted by Crippen LogP contribution is 2.24. The summed E-state index contributed by atoms with van der Waals surface area (Å²) in [5.41, 5.74) is 0.966. The lowest BCUT2D eigenvalue weighted by atomic mass is 9.93. The molecule has 166 valence electrons. The highest BCUT2D eigenvalue weighted by molar-refractivity contribution is 6.06. The quantitative estimate of drug-likeness (QED) is 0.572. The van der Waals surface area contributed by atoms with E-state index in [2.05, 4.69) is 17.0 Å². The smallest absolute Gasteiger partial charge is 0.387 e. The fourth-order valence-corrected chi connectivity index (χ4v) is 3.46. The van der Waals surface area contributed by atoms with E-state index >= 15 is 0 Å². The number of hydrogen-bond donors (Lipinski definition) is 1. The number of nitrogens with one attached hydrogen (secondary N) is 1. The van der Waals surface area contributed by atoms with E-state index in [-0.39, 0.29) is 24.8 Å². The zero-order valence-corrected chi connectivity index (χ0v) is 17.6. The number of ether oxygens (including phenoxy) is 2. The van der Waals surface area contributed by atoms with Gasteiger partial charge in [0.05, 0.1) is 6.54 Å². The monoisotopic (exact) mass is 432 g/mol. The minimum absolute atomic E-state index is 0.0749. The van der Waals surface area contributed by atoms with Gasteiger partial charge in [0.15, 0.2) is 0 Å². The Morgan fingerprint density at radius 2 is 1.81 bits per heavy atom. The zero-order chi connectivity index (χ0) is 22.4. The van der Waals surface area contributed by atoms with Crippen molar-refractivity contribution in [2.24, 2.45) is 0 Å². The van der Waals surface area contributed by atoms with Gasteiger partial charge in [-0.1, -0.05) is 31.2 Å². The summed E-state index contributed by atoms with van der Waals surface area (Å²) < 4.78 is 34.5. The second-order valence-corrected chi connectivity index (χ2v) is 7.59. The second-order valence-electron chi connectivity index (χ2n) is 7.59. The lowest BCUT2D eigenvalue weighted by molar-refractivity contribution is -0.131. The Morgan fingerprint density at radius 3 is 2.48 bits per heavy atom. The van der Waals surface area contributed by atoms with E-state index < -0.39 is 18.2 Å². The molecule has 6 nitrogen and oxygen atoms in total. The Kier molecular flexibility index (Phi) is 7.09. The van der Waals surface area contributed by atoms with Gasteiger partial charge in [-0.25, -0.2) is 4.79 Å². The molecule has 31 heavy (non-hydrogen) atoms. The summed E-state index contributed by atoms with van der Waals surface area (Å²) >= 11 is 0. The Balaban J connectivity index is 1.53. The molecule has 3 amide bonds. The summed E-state index contributed by atoms with van der Waals surface area (Å²) in [6.45, 7) is 1.22.